The van der Waals surface area contributed by atoms with Crippen LogP contribution in [-0.4, -0.2) is 11.1 Å². The van der Waals surface area contributed by atoms with Gasteiger partial charge in [0.05, 0.1) is 10.0 Å². The van der Waals surface area contributed by atoms with Gasteiger partial charge in [-0.25, -0.2) is 4.79 Å². The molecule has 6 heteroatoms. The van der Waals surface area contributed by atoms with Gasteiger partial charge in [-0.2, -0.15) is 0 Å². The molecule has 0 aliphatic carbocycles. The van der Waals surface area contributed by atoms with Gasteiger partial charge < -0.3 is 9.84 Å². The van der Waals surface area contributed by atoms with E-state index in [0.29, 0.717) is 10.6 Å². The van der Waals surface area contributed by atoms with Crippen LogP contribution in [0.3, 0.4) is 0 Å². The number of hydrogen-bond donors (Lipinski definition) is 1. The normalized spacial score (nSPS) is 11.9. The summed E-state index contributed by atoms with van der Waals surface area (Å²) in [6.07, 6.45) is -1.20. The summed E-state index contributed by atoms with van der Waals surface area (Å²) in [7, 11) is 0. The summed E-state index contributed by atoms with van der Waals surface area (Å²) in [5, 5.41) is 9.95. The molecular formula is C14H9Cl3O3. The summed E-state index contributed by atoms with van der Waals surface area (Å²) < 4.78 is 5.46. The van der Waals surface area contributed by atoms with Crippen LogP contribution in [-0.2, 0) is 4.79 Å². The van der Waals surface area contributed by atoms with Gasteiger partial charge in [0.25, 0.3) is 0 Å². The van der Waals surface area contributed by atoms with Crippen LogP contribution in [0.4, 0.5) is 0 Å². The molecule has 104 valence electrons. The van der Waals surface area contributed by atoms with Crippen molar-refractivity contribution in [3.8, 4) is 5.75 Å². The van der Waals surface area contributed by atoms with Crippen molar-refractivity contribution in [2.75, 3.05) is 0 Å². The van der Waals surface area contributed by atoms with Crippen LogP contribution in [0.1, 0.15) is 11.7 Å². The van der Waals surface area contributed by atoms with Crippen molar-refractivity contribution in [3.05, 3.63) is 63.1 Å². The molecule has 2 aromatic rings. The fraction of sp³-hybridized carbons (Fsp3) is 0.0714. The summed E-state index contributed by atoms with van der Waals surface area (Å²) in [5.74, 6) is -1.05. The number of ether oxygens (including phenoxy) is 1. The lowest BCUT2D eigenvalue weighted by atomic mass is 10.1. The Morgan fingerprint density at radius 2 is 1.60 bits per heavy atom. The van der Waals surface area contributed by atoms with Crippen molar-refractivity contribution in [1.29, 1.82) is 0 Å². The van der Waals surface area contributed by atoms with Gasteiger partial charge in [0, 0.05) is 10.6 Å². The summed E-state index contributed by atoms with van der Waals surface area (Å²) in [6, 6.07) is 11.4. The van der Waals surface area contributed by atoms with Crippen LogP contribution in [0, 0.1) is 0 Å². The second-order valence-electron chi connectivity index (χ2n) is 3.95. The van der Waals surface area contributed by atoms with Crippen molar-refractivity contribution in [2.45, 2.75) is 6.10 Å². The maximum atomic E-state index is 11.4. The minimum Gasteiger partial charge on any atom is -0.478 e. The third-order valence-corrected chi connectivity index (χ3v) is 3.31. The summed E-state index contributed by atoms with van der Waals surface area (Å²) in [5.41, 5.74) is 0.488. The molecule has 0 aromatic heterocycles. The van der Waals surface area contributed by atoms with Crippen molar-refractivity contribution in [1.82, 2.24) is 0 Å². The van der Waals surface area contributed by atoms with Crippen LogP contribution in [0.25, 0.3) is 0 Å². The number of carbonyl (C=O) groups is 1. The second-order valence-corrected chi connectivity index (χ2v) is 5.20. The van der Waals surface area contributed by atoms with E-state index in [1.807, 2.05) is 0 Å². The zero-order valence-electron chi connectivity index (χ0n) is 10.0. The SMILES string of the molecule is O=C(O)C(Oc1c(Cl)cc(Cl)cc1Cl)c1ccccc1. The Hall–Kier alpha value is -1.42. The molecule has 0 spiro atoms. The Balaban J connectivity index is 2.38. The predicted molar refractivity (Wildman–Crippen MR) is 78.9 cm³/mol. The van der Waals surface area contributed by atoms with Gasteiger partial charge in [0.2, 0.25) is 6.10 Å². The minimum absolute atomic E-state index is 0.0917. The van der Waals surface area contributed by atoms with Gasteiger partial charge >= 0.3 is 5.97 Å². The first-order valence-corrected chi connectivity index (χ1v) is 6.71. The van der Waals surface area contributed by atoms with E-state index < -0.39 is 12.1 Å². The molecular weight excluding hydrogens is 323 g/mol. The number of hydrogen-bond acceptors (Lipinski definition) is 2. The van der Waals surface area contributed by atoms with Crippen LogP contribution in [0.5, 0.6) is 5.75 Å². The van der Waals surface area contributed by atoms with E-state index in [9.17, 15) is 9.90 Å². The van der Waals surface area contributed by atoms with E-state index >= 15 is 0 Å². The van der Waals surface area contributed by atoms with E-state index in [4.69, 9.17) is 39.5 Å². The van der Waals surface area contributed by atoms with Gasteiger partial charge in [-0.15, -0.1) is 0 Å². The van der Waals surface area contributed by atoms with Gasteiger partial charge in [0.15, 0.2) is 5.75 Å². The third-order valence-electron chi connectivity index (χ3n) is 2.53. The largest absolute Gasteiger partial charge is 0.478 e. The fourth-order valence-electron chi connectivity index (χ4n) is 1.65. The number of halogens is 3. The van der Waals surface area contributed by atoms with E-state index in [0.717, 1.165) is 0 Å². The topological polar surface area (TPSA) is 46.5 Å². The first-order chi connectivity index (χ1) is 9.49. The minimum atomic E-state index is -1.20. The van der Waals surface area contributed by atoms with Gasteiger partial charge in [-0.3, -0.25) is 0 Å². The molecule has 3 nitrogen and oxygen atoms in total. The molecule has 0 saturated heterocycles. The molecule has 2 rings (SSSR count). The molecule has 1 N–H and O–H groups in total. The highest BCUT2D eigenvalue weighted by molar-refractivity contribution is 6.40. The Labute approximate surface area is 130 Å². The first kappa shape index (κ1) is 15.0. The number of carboxylic acid groups (broad SMARTS) is 1. The molecule has 0 aliphatic rings. The Morgan fingerprint density at radius 3 is 2.10 bits per heavy atom. The predicted octanol–water partition coefficient (Wildman–Crippen LogP) is 4.85. The van der Waals surface area contributed by atoms with Crippen molar-refractivity contribution < 1.29 is 14.6 Å². The van der Waals surface area contributed by atoms with Crippen LogP contribution < -0.4 is 4.74 Å². The van der Waals surface area contributed by atoms with E-state index in [1.165, 1.54) is 12.1 Å². The summed E-state index contributed by atoms with van der Waals surface area (Å²) in [4.78, 5) is 11.4. The van der Waals surface area contributed by atoms with E-state index in [2.05, 4.69) is 0 Å². The molecule has 1 unspecified atom stereocenters. The van der Waals surface area contributed by atoms with Gasteiger partial charge in [0.1, 0.15) is 0 Å². The standard InChI is InChI=1S/C14H9Cl3O3/c15-9-6-10(16)13(11(17)7-9)20-12(14(18)19)8-4-2-1-3-5-8/h1-7,12H,(H,18,19). The maximum Gasteiger partial charge on any atom is 0.349 e. The second kappa shape index (κ2) is 6.35. The number of benzene rings is 2. The Bertz CT molecular complexity index is 606. The van der Waals surface area contributed by atoms with Crippen molar-refractivity contribution >= 4 is 40.8 Å². The zero-order valence-corrected chi connectivity index (χ0v) is 12.3. The molecule has 0 amide bonds. The monoisotopic (exact) mass is 330 g/mol. The molecule has 1 atom stereocenters. The smallest absolute Gasteiger partial charge is 0.349 e. The average molecular weight is 332 g/mol. The van der Waals surface area contributed by atoms with E-state index in [-0.39, 0.29) is 15.8 Å². The van der Waals surface area contributed by atoms with Crippen LogP contribution >= 0.6 is 34.8 Å². The molecule has 0 fully saturated rings. The van der Waals surface area contributed by atoms with Gasteiger partial charge in [-0.05, 0) is 12.1 Å². The molecule has 0 bridgehead atoms. The Morgan fingerprint density at radius 1 is 1.05 bits per heavy atom. The van der Waals surface area contributed by atoms with Crippen LogP contribution in [0.2, 0.25) is 15.1 Å². The Kier molecular flexibility index (Phi) is 4.76. The average Bonchev–Trinajstić information content (AvgIpc) is 2.38. The lowest BCUT2D eigenvalue weighted by molar-refractivity contribution is -0.145. The summed E-state index contributed by atoms with van der Waals surface area (Å²) >= 11 is 17.8. The molecule has 20 heavy (non-hydrogen) atoms. The molecule has 0 saturated carbocycles. The first-order valence-electron chi connectivity index (χ1n) is 5.58. The van der Waals surface area contributed by atoms with E-state index in [1.54, 1.807) is 30.3 Å². The molecule has 0 radical (unpaired) electrons. The van der Waals surface area contributed by atoms with Crippen molar-refractivity contribution in [3.63, 3.8) is 0 Å². The number of aliphatic carboxylic acids is 1. The number of rotatable bonds is 4. The molecule has 2 aromatic carbocycles. The lowest BCUT2D eigenvalue weighted by Crippen LogP contribution is -2.18. The highest BCUT2D eigenvalue weighted by atomic mass is 35.5. The third kappa shape index (κ3) is 3.37. The number of carboxylic acids is 1. The maximum absolute atomic E-state index is 11.4. The van der Waals surface area contributed by atoms with Crippen molar-refractivity contribution in [2.24, 2.45) is 0 Å². The molecule has 0 heterocycles. The fourth-order valence-corrected chi connectivity index (χ4v) is 2.55. The molecule has 0 aliphatic heterocycles. The summed E-state index contributed by atoms with van der Waals surface area (Å²) in [6.45, 7) is 0. The van der Waals surface area contributed by atoms with Crippen LogP contribution in [0.15, 0.2) is 42.5 Å². The lowest BCUT2D eigenvalue weighted by Gasteiger charge is -2.17. The quantitative estimate of drug-likeness (QED) is 0.871. The highest BCUT2D eigenvalue weighted by Gasteiger charge is 2.24. The van der Waals surface area contributed by atoms with Gasteiger partial charge in [-0.1, -0.05) is 65.1 Å². The highest BCUT2D eigenvalue weighted by Crippen LogP contribution is 2.38. The zero-order chi connectivity index (χ0) is 14.7.